The molecule has 17 heavy (non-hydrogen) atoms. The number of rotatable bonds is 2. The van der Waals surface area contributed by atoms with E-state index in [4.69, 9.17) is 10.8 Å². The molecule has 3 heteroatoms. The van der Waals surface area contributed by atoms with Crippen molar-refractivity contribution < 1.29 is 0 Å². The third-order valence-corrected chi connectivity index (χ3v) is 4.55. The number of hydrogen-bond acceptors (Lipinski definition) is 2. The van der Waals surface area contributed by atoms with Crippen LogP contribution in [0.5, 0.6) is 0 Å². The highest BCUT2D eigenvalue weighted by atomic mass is 15.3. The third kappa shape index (κ3) is 1.48. The summed E-state index contributed by atoms with van der Waals surface area (Å²) in [5, 5.41) is 4.69. The maximum Gasteiger partial charge on any atom is 0.0716 e. The van der Waals surface area contributed by atoms with E-state index in [1.807, 2.05) is 11.7 Å². The number of hydrogen-bond donors (Lipinski definition) is 1. The first-order valence-electron chi connectivity index (χ1n) is 6.62. The summed E-state index contributed by atoms with van der Waals surface area (Å²) >= 11 is 0. The number of aromatic nitrogens is 2. The lowest BCUT2D eigenvalue weighted by Gasteiger charge is -2.26. The van der Waals surface area contributed by atoms with Gasteiger partial charge in [-0.15, -0.1) is 0 Å². The zero-order valence-corrected chi connectivity index (χ0v) is 11.4. The van der Waals surface area contributed by atoms with Gasteiger partial charge in [-0.25, -0.2) is 0 Å². The van der Waals surface area contributed by atoms with Gasteiger partial charge in [-0.1, -0.05) is 20.8 Å². The molecule has 1 heterocycles. The van der Waals surface area contributed by atoms with Crippen molar-refractivity contribution in [3.8, 4) is 0 Å². The molecule has 2 fully saturated rings. The van der Waals surface area contributed by atoms with E-state index in [2.05, 4.69) is 27.0 Å². The number of nitrogens with two attached hydrogens (primary N) is 1. The molecular formula is C14H23N3. The fourth-order valence-electron chi connectivity index (χ4n) is 3.17. The number of nitrogens with zero attached hydrogens (tertiary/aromatic N) is 2. The summed E-state index contributed by atoms with van der Waals surface area (Å²) in [6.45, 7) is 6.72. The summed E-state index contributed by atoms with van der Waals surface area (Å²) < 4.78 is 1.96. The lowest BCUT2D eigenvalue weighted by atomic mass is 9.80. The molecule has 3 rings (SSSR count). The van der Waals surface area contributed by atoms with Gasteiger partial charge in [-0.05, 0) is 25.7 Å². The lowest BCUT2D eigenvalue weighted by Crippen LogP contribution is -2.38. The molecule has 0 unspecified atom stereocenters. The fraction of sp³-hybridized carbons (Fsp3) is 0.786. The van der Waals surface area contributed by atoms with Gasteiger partial charge in [0.25, 0.3) is 0 Å². The molecule has 0 aliphatic heterocycles. The standard InChI is InChI=1S/C14H23N3/c1-12(2,3)11-10(9-17(4)16-11)13(5-6-13)14(15)7-8-14/h9H,5-8,15H2,1-4H3. The van der Waals surface area contributed by atoms with E-state index < -0.39 is 0 Å². The second kappa shape index (κ2) is 2.94. The highest BCUT2D eigenvalue weighted by Gasteiger charge is 2.65. The van der Waals surface area contributed by atoms with Crippen LogP contribution in [-0.2, 0) is 17.9 Å². The zero-order valence-electron chi connectivity index (χ0n) is 11.4. The van der Waals surface area contributed by atoms with Crippen molar-refractivity contribution in [3.05, 3.63) is 17.5 Å². The quantitative estimate of drug-likeness (QED) is 0.851. The van der Waals surface area contributed by atoms with Crippen molar-refractivity contribution in [2.24, 2.45) is 12.8 Å². The molecule has 0 atom stereocenters. The van der Waals surface area contributed by atoms with Gasteiger partial charge in [0.15, 0.2) is 0 Å². The van der Waals surface area contributed by atoms with Gasteiger partial charge in [0, 0.05) is 35.2 Å². The minimum Gasteiger partial charge on any atom is -0.324 e. The predicted molar refractivity (Wildman–Crippen MR) is 69.0 cm³/mol. The molecule has 0 spiro atoms. The zero-order chi connectivity index (χ0) is 12.5. The molecule has 0 saturated heterocycles. The van der Waals surface area contributed by atoms with Gasteiger partial charge in [0.1, 0.15) is 0 Å². The van der Waals surface area contributed by atoms with Gasteiger partial charge >= 0.3 is 0 Å². The van der Waals surface area contributed by atoms with E-state index in [0.717, 1.165) is 0 Å². The van der Waals surface area contributed by atoms with E-state index in [0.29, 0.717) is 0 Å². The van der Waals surface area contributed by atoms with Crippen LogP contribution in [0.15, 0.2) is 6.20 Å². The Bertz CT molecular complexity index is 456. The minimum atomic E-state index is 0.0794. The van der Waals surface area contributed by atoms with Crippen LogP contribution in [0.2, 0.25) is 0 Å². The largest absolute Gasteiger partial charge is 0.324 e. The average Bonchev–Trinajstić information content (AvgIpc) is 3.08. The second-order valence-corrected chi connectivity index (χ2v) is 7.05. The Morgan fingerprint density at radius 1 is 1.24 bits per heavy atom. The van der Waals surface area contributed by atoms with Crippen LogP contribution in [0.4, 0.5) is 0 Å². The summed E-state index contributed by atoms with van der Waals surface area (Å²) in [7, 11) is 2.02. The Balaban J connectivity index is 2.10. The van der Waals surface area contributed by atoms with Crippen LogP contribution in [0.3, 0.4) is 0 Å². The topological polar surface area (TPSA) is 43.8 Å². The second-order valence-electron chi connectivity index (χ2n) is 7.05. The van der Waals surface area contributed by atoms with Gasteiger partial charge in [0.2, 0.25) is 0 Å². The van der Waals surface area contributed by atoms with Crippen LogP contribution in [-0.4, -0.2) is 15.3 Å². The molecule has 2 N–H and O–H groups in total. The van der Waals surface area contributed by atoms with E-state index in [1.54, 1.807) is 0 Å². The third-order valence-electron chi connectivity index (χ3n) is 4.55. The summed E-state index contributed by atoms with van der Waals surface area (Å²) in [6, 6.07) is 0. The maximum absolute atomic E-state index is 6.50. The van der Waals surface area contributed by atoms with Gasteiger partial charge in [0.05, 0.1) is 5.69 Å². The van der Waals surface area contributed by atoms with Crippen LogP contribution in [0.25, 0.3) is 0 Å². The summed E-state index contributed by atoms with van der Waals surface area (Å²) in [5.74, 6) is 0. The molecule has 0 amide bonds. The Morgan fingerprint density at radius 3 is 2.24 bits per heavy atom. The Kier molecular flexibility index (Phi) is 1.95. The predicted octanol–water partition coefficient (Wildman–Crippen LogP) is 2.24. The van der Waals surface area contributed by atoms with Crippen LogP contribution >= 0.6 is 0 Å². The first-order valence-corrected chi connectivity index (χ1v) is 6.62. The maximum atomic E-state index is 6.50. The summed E-state index contributed by atoms with van der Waals surface area (Å²) in [4.78, 5) is 0. The monoisotopic (exact) mass is 233 g/mol. The number of aryl methyl sites for hydroxylation is 1. The highest BCUT2D eigenvalue weighted by molar-refractivity contribution is 5.44. The van der Waals surface area contributed by atoms with Crippen molar-refractivity contribution in [3.63, 3.8) is 0 Å². The van der Waals surface area contributed by atoms with Crippen LogP contribution in [0.1, 0.15) is 57.7 Å². The van der Waals surface area contributed by atoms with Gasteiger partial charge in [-0.3, -0.25) is 4.68 Å². The van der Waals surface area contributed by atoms with Gasteiger partial charge < -0.3 is 5.73 Å². The van der Waals surface area contributed by atoms with Crippen molar-refractivity contribution >= 4 is 0 Å². The molecule has 0 radical (unpaired) electrons. The van der Waals surface area contributed by atoms with E-state index in [1.165, 1.54) is 36.9 Å². The molecule has 94 valence electrons. The van der Waals surface area contributed by atoms with E-state index in [-0.39, 0.29) is 16.4 Å². The SMILES string of the molecule is Cn1cc(C2(C3(N)CC3)CC2)c(C(C)(C)C)n1. The molecule has 2 aliphatic rings. The molecule has 0 bridgehead atoms. The molecule has 1 aromatic heterocycles. The van der Waals surface area contributed by atoms with Crippen molar-refractivity contribution in [2.45, 2.75) is 62.8 Å². The molecule has 3 nitrogen and oxygen atoms in total. The molecule has 2 aliphatic carbocycles. The fourth-order valence-corrected chi connectivity index (χ4v) is 3.17. The molecule has 1 aromatic rings. The van der Waals surface area contributed by atoms with Crippen molar-refractivity contribution in [1.29, 1.82) is 0 Å². The average molecular weight is 233 g/mol. The van der Waals surface area contributed by atoms with Gasteiger partial charge in [-0.2, -0.15) is 5.10 Å². The molecule has 0 aromatic carbocycles. The summed E-state index contributed by atoms with van der Waals surface area (Å²) in [5.41, 5.74) is 9.61. The van der Waals surface area contributed by atoms with E-state index in [9.17, 15) is 0 Å². The van der Waals surface area contributed by atoms with Crippen molar-refractivity contribution in [1.82, 2.24) is 9.78 Å². The summed E-state index contributed by atoms with van der Waals surface area (Å²) in [6.07, 6.45) is 7.08. The first kappa shape index (κ1) is 11.3. The Labute approximate surface area is 103 Å². The van der Waals surface area contributed by atoms with Crippen molar-refractivity contribution in [2.75, 3.05) is 0 Å². The Morgan fingerprint density at radius 2 is 1.82 bits per heavy atom. The van der Waals surface area contributed by atoms with E-state index >= 15 is 0 Å². The smallest absolute Gasteiger partial charge is 0.0716 e. The minimum absolute atomic E-state index is 0.0794. The highest BCUT2D eigenvalue weighted by Crippen LogP contribution is 2.64. The van der Waals surface area contributed by atoms with Crippen LogP contribution in [0, 0.1) is 0 Å². The molecule has 2 saturated carbocycles. The first-order chi connectivity index (χ1) is 7.79. The van der Waals surface area contributed by atoms with Crippen LogP contribution < -0.4 is 5.73 Å². The normalized spacial score (nSPS) is 24.8. The Hall–Kier alpha value is -0.830. The lowest BCUT2D eigenvalue weighted by molar-refractivity contribution is 0.479. The molecular weight excluding hydrogens is 210 g/mol.